The second-order valence-electron chi connectivity index (χ2n) is 13.1. The summed E-state index contributed by atoms with van der Waals surface area (Å²) in [4.78, 5) is 11.4. The summed E-state index contributed by atoms with van der Waals surface area (Å²) in [5, 5.41) is 20.3. The summed E-state index contributed by atoms with van der Waals surface area (Å²) in [5.74, 6) is 1.000. The number of aliphatic hydroxyl groups excluding tert-OH is 1. The fourth-order valence-corrected chi connectivity index (χ4v) is 10.3. The number of rotatable bonds is 6. The molecule has 0 unspecified atom stereocenters. The molecule has 3 saturated carbocycles. The maximum absolute atomic E-state index is 11.4. The molecule has 0 aromatic rings. The number of carboxylic acid groups (broad SMARTS) is 1. The van der Waals surface area contributed by atoms with Gasteiger partial charge in [-0.15, -0.1) is 0 Å². The number of aliphatic hydroxyl groups is 1. The van der Waals surface area contributed by atoms with Crippen LogP contribution < -0.4 is 0 Å². The van der Waals surface area contributed by atoms with E-state index < -0.39 is 26.0 Å². The van der Waals surface area contributed by atoms with Gasteiger partial charge < -0.3 is 24.1 Å². The van der Waals surface area contributed by atoms with Gasteiger partial charge >= 0.3 is 5.97 Å². The van der Waals surface area contributed by atoms with Gasteiger partial charge in [0.1, 0.15) is 0 Å². The molecule has 7 atom stereocenters. The summed E-state index contributed by atoms with van der Waals surface area (Å²) in [6.45, 7) is 14.7. The van der Waals surface area contributed by atoms with Gasteiger partial charge in [0.2, 0.25) is 0 Å². The molecule has 1 heterocycles. The maximum atomic E-state index is 11.4. The molecule has 1 saturated heterocycles. The summed E-state index contributed by atoms with van der Waals surface area (Å²) in [6, 6.07) is 0. The lowest BCUT2D eigenvalue weighted by atomic mass is 9.50. The molecule has 4 aliphatic carbocycles. The van der Waals surface area contributed by atoms with Crippen molar-refractivity contribution in [3.63, 3.8) is 0 Å². The molecule has 6 nitrogen and oxygen atoms in total. The molecule has 5 aliphatic rings. The van der Waals surface area contributed by atoms with Crippen LogP contribution in [0, 0.1) is 29.1 Å². The first-order valence-electron chi connectivity index (χ1n) is 13.7. The van der Waals surface area contributed by atoms with Crippen LogP contribution in [-0.2, 0) is 18.7 Å². The lowest BCUT2D eigenvalue weighted by Crippen LogP contribution is -2.58. The van der Waals surface area contributed by atoms with Crippen molar-refractivity contribution in [2.75, 3.05) is 13.2 Å². The van der Waals surface area contributed by atoms with E-state index in [0.29, 0.717) is 42.5 Å². The van der Waals surface area contributed by atoms with E-state index in [-0.39, 0.29) is 17.6 Å². The molecule has 7 heteroatoms. The van der Waals surface area contributed by atoms with Gasteiger partial charge in [-0.2, -0.15) is 0 Å². The quantitative estimate of drug-likeness (QED) is 0.378. The molecule has 4 fully saturated rings. The SMILES string of the molecule is C=C([C@@H](O)CC(=O)O)[C@]1(O[Si](C)(C)C)CC[C@H]2[C@@H]3CC=C4CC5(CC[C@@H]4[C@H]3CC[C@@]21C)OCCO5. The highest BCUT2D eigenvalue weighted by molar-refractivity contribution is 6.69. The Labute approximate surface area is 211 Å². The zero-order valence-corrected chi connectivity index (χ0v) is 23.0. The minimum absolute atomic E-state index is 0.149. The van der Waals surface area contributed by atoms with Gasteiger partial charge in [-0.1, -0.05) is 25.2 Å². The van der Waals surface area contributed by atoms with Crippen LogP contribution in [0.2, 0.25) is 19.6 Å². The van der Waals surface area contributed by atoms with Gasteiger partial charge in [0.25, 0.3) is 0 Å². The van der Waals surface area contributed by atoms with Crippen LogP contribution in [0.1, 0.15) is 64.7 Å². The average Bonchev–Trinajstić information content (AvgIpc) is 3.34. The van der Waals surface area contributed by atoms with Crippen LogP contribution >= 0.6 is 0 Å². The average molecular weight is 505 g/mol. The largest absolute Gasteiger partial charge is 0.481 e. The van der Waals surface area contributed by atoms with Gasteiger partial charge in [0.15, 0.2) is 14.1 Å². The predicted octanol–water partition coefficient (Wildman–Crippen LogP) is 5.28. The van der Waals surface area contributed by atoms with Gasteiger partial charge in [-0.25, -0.2) is 0 Å². The first kappa shape index (κ1) is 25.6. The van der Waals surface area contributed by atoms with Crippen LogP contribution in [0.15, 0.2) is 23.8 Å². The number of carboxylic acids is 1. The standard InChI is InChI=1S/C28H44O6Si/c1-18(24(29)16-25(30)31)28(34-35(3,4)5)13-10-23-22-7-6-19-17-27(32-14-15-33-27)12-9-20(19)21(22)8-11-26(23,28)2/h6,20-24,29H,1,7-17H2,2-5H3,(H,30,31)/t20-,21+,22+,23-,24-,26-,28+/m0/s1. The highest BCUT2D eigenvalue weighted by atomic mass is 28.4. The Morgan fingerprint density at radius 2 is 1.89 bits per heavy atom. The predicted molar refractivity (Wildman–Crippen MR) is 136 cm³/mol. The molecule has 0 bridgehead atoms. The van der Waals surface area contributed by atoms with Crippen LogP contribution in [0.4, 0.5) is 0 Å². The Bertz CT molecular complexity index is 902. The summed E-state index contributed by atoms with van der Waals surface area (Å²) >= 11 is 0. The molecule has 0 aromatic heterocycles. The second kappa shape index (κ2) is 8.79. The first-order valence-corrected chi connectivity index (χ1v) is 17.1. The van der Waals surface area contributed by atoms with Gasteiger partial charge in [0, 0.05) is 18.3 Å². The van der Waals surface area contributed by atoms with E-state index in [2.05, 4.69) is 39.2 Å². The molecule has 0 radical (unpaired) electrons. The summed E-state index contributed by atoms with van der Waals surface area (Å²) < 4.78 is 19.1. The highest BCUT2D eigenvalue weighted by Crippen LogP contribution is 2.68. The number of ether oxygens (including phenoxy) is 2. The first-order chi connectivity index (χ1) is 16.4. The minimum Gasteiger partial charge on any atom is -0.481 e. The van der Waals surface area contributed by atoms with Crippen molar-refractivity contribution in [3.8, 4) is 0 Å². The monoisotopic (exact) mass is 504 g/mol. The van der Waals surface area contributed by atoms with Crippen molar-refractivity contribution in [1.82, 2.24) is 0 Å². The maximum Gasteiger partial charge on any atom is 0.306 e. The Hall–Kier alpha value is -0.993. The third-order valence-corrected chi connectivity index (χ3v) is 11.1. The topological polar surface area (TPSA) is 85.2 Å². The molecular weight excluding hydrogens is 460 g/mol. The molecule has 1 aliphatic heterocycles. The van der Waals surface area contributed by atoms with Crippen molar-refractivity contribution >= 4 is 14.3 Å². The van der Waals surface area contributed by atoms with Crippen molar-refractivity contribution in [2.24, 2.45) is 29.1 Å². The van der Waals surface area contributed by atoms with Crippen LogP contribution in [0.25, 0.3) is 0 Å². The molecule has 2 N–H and O–H groups in total. The highest BCUT2D eigenvalue weighted by Gasteiger charge is 2.65. The lowest BCUT2D eigenvalue weighted by Gasteiger charge is -2.58. The number of hydrogen-bond donors (Lipinski definition) is 2. The molecule has 0 aromatic carbocycles. The minimum atomic E-state index is -2.02. The molecule has 35 heavy (non-hydrogen) atoms. The zero-order valence-electron chi connectivity index (χ0n) is 22.0. The van der Waals surface area contributed by atoms with Crippen LogP contribution in [0.5, 0.6) is 0 Å². The van der Waals surface area contributed by atoms with E-state index in [9.17, 15) is 15.0 Å². The lowest BCUT2D eigenvalue weighted by molar-refractivity contribution is -0.177. The smallest absolute Gasteiger partial charge is 0.306 e. The van der Waals surface area contributed by atoms with Crippen LogP contribution in [0.3, 0.4) is 0 Å². The number of allylic oxidation sites excluding steroid dienone is 1. The molecule has 5 rings (SSSR count). The van der Waals surface area contributed by atoms with Gasteiger partial charge in [0.05, 0.1) is 31.3 Å². The van der Waals surface area contributed by atoms with Crippen LogP contribution in [-0.4, -0.2) is 55.2 Å². The van der Waals surface area contributed by atoms with E-state index >= 15 is 0 Å². The fraction of sp³-hybridized carbons (Fsp3) is 0.821. The van der Waals surface area contributed by atoms with Gasteiger partial charge in [-0.3, -0.25) is 4.79 Å². The van der Waals surface area contributed by atoms with E-state index in [1.165, 1.54) is 0 Å². The Balaban J connectivity index is 1.44. The van der Waals surface area contributed by atoms with E-state index in [4.69, 9.17) is 13.9 Å². The molecular formula is C28H44O6Si. The molecule has 196 valence electrons. The van der Waals surface area contributed by atoms with Crippen molar-refractivity contribution in [3.05, 3.63) is 23.8 Å². The number of fused-ring (bicyclic) bond motifs is 5. The van der Waals surface area contributed by atoms with E-state index in [0.717, 1.165) is 51.4 Å². The van der Waals surface area contributed by atoms with Crippen molar-refractivity contribution in [2.45, 2.75) is 102 Å². The summed E-state index contributed by atoms with van der Waals surface area (Å²) in [5.41, 5.74) is 1.33. The van der Waals surface area contributed by atoms with Crippen molar-refractivity contribution < 1.29 is 28.9 Å². The number of carbonyl (C=O) groups is 1. The molecule has 1 spiro atoms. The summed E-state index contributed by atoms with van der Waals surface area (Å²) in [6.07, 6.45) is 9.27. The number of aliphatic carboxylic acids is 1. The molecule has 0 amide bonds. The zero-order chi connectivity index (χ0) is 25.2. The Morgan fingerprint density at radius 3 is 2.54 bits per heavy atom. The van der Waals surface area contributed by atoms with Gasteiger partial charge in [-0.05, 0) is 87.4 Å². The van der Waals surface area contributed by atoms with E-state index in [1.807, 2.05) is 0 Å². The normalized spacial score (nSPS) is 41.0. The fourth-order valence-electron chi connectivity index (χ4n) is 8.83. The second-order valence-corrected chi connectivity index (χ2v) is 17.5. The Morgan fingerprint density at radius 1 is 1.17 bits per heavy atom. The van der Waals surface area contributed by atoms with E-state index in [1.54, 1.807) is 5.57 Å². The summed E-state index contributed by atoms with van der Waals surface area (Å²) in [7, 11) is -2.02. The Kier molecular flexibility index (Phi) is 6.44. The number of hydrogen-bond acceptors (Lipinski definition) is 5. The van der Waals surface area contributed by atoms with Crippen molar-refractivity contribution in [1.29, 1.82) is 0 Å². The third-order valence-electron chi connectivity index (χ3n) is 10.2. The third kappa shape index (κ3) is 4.19.